The van der Waals surface area contributed by atoms with Gasteiger partial charge in [-0.15, -0.1) is 0 Å². The molecule has 0 unspecified atom stereocenters. The Balaban J connectivity index is 1.46. The second-order valence-corrected chi connectivity index (χ2v) is 11.4. The fraction of sp³-hybridized carbons (Fsp3) is 0.407. The molecule has 35 heavy (non-hydrogen) atoms. The van der Waals surface area contributed by atoms with E-state index in [2.05, 4.69) is 24.3 Å². The first kappa shape index (κ1) is 25.1. The second-order valence-electron chi connectivity index (χ2n) is 9.55. The van der Waals surface area contributed by atoms with Gasteiger partial charge in [0.05, 0.1) is 17.9 Å². The number of carbonyl (C=O) groups excluding carboxylic acids is 1. The Morgan fingerprint density at radius 3 is 2.20 bits per heavy atom. The summed E-state index contributed by atoms with van der Waals surface area (Å²) in [4.78, 5) is 13.0. The van der Waals surface area contributed by atoms with Gasteiger partial charge in [-0.25, -0.2) is 8.42 Å². The van der Waals surface area contributed by atoms with E-state index in [1.54, 1.807) is 28.0 Å². The zero-order chi connectivity index (χ0) is 25.2. The Morgan fingerprint density at radius 1 is 0.971 bits per heavy atom. The predicted octanol–water partition coefficient (Wildman–Crippen LogP) is 5.10. The monoisotopic (exact) mass is 494 g/mol. The number of aromatic nitrogens is 2. The maximum atomic E-state index is 13.2. The molecule has 0 radical (unpaired) electrons. The fourth-order valence-corrected chi connectivity index (χ4v) is 6.42. The van der Waals surface area contributed by atoms with Crippen molar-refractivity contribution >= 4 is 21.6 Å². The van der Waals surface area contributed by atoms with Crippen molar-refractivity contribution in [2.45, 2.75) is 64.3 Å². The molecule has 1 aliphatic heterocycles. The van der Waals surface area contributed by atoms with E-state index < -0.39 is 10.0 Å². The quantitative estimate of drug-likeness (QED) is 0.495. The van der Waals surface area contributed by atoms with E-state index in [4.69, 9.17) is 0 Å². The van der Waals surface area contributed by atoms with Crippen LogP contribution in [0.5, 0.6) is 0 Å². The number of piperidine rings is 1. The highest BCUT2D eigenvalue weighted by atomic mass is 32.2. The van der Waals surface area contributed by atoms with Gasteiger partial charge >= 0.3 is 0 Å². The fourth-order valence-electron chi connectivity index (χ4n) is 4.53. The Kier molecular flexibility index (Phi) is 7.42. The van der Waals surface area contributed by atoms with Crippen LogP contribution in [0, 0.1) is 13.8 Å². The molecule has 1 saturated heterocycles. The number of amides is 1. The third kappa shape index (κ3) is 5.49. The van der Waals surface area contributed by atoms with Crippen LogP contribution >= 0.6 is 0 Å². The summed E-state index contributed by atoms with van der Waals surface area (Å²) in [6, 6.07) is 15.2. The van der Waals surface area contributed by atoms with Crippen molar-refractivity contribution in [3.63, 3.8) is 0 Å². The highest BCUT2D eigenvalue weighted by molar-refractivity contribution is 7.89. The Hall–Kier alpha value is -2.97. The minimum absolute atomic E-state index is 0.171. The lowest BCUT2D eigenvalue weighted by atomic mass is 10.0. The van der Waals surface area contributed by atoms with Crippen LogP contribution in [-0.2, 0) is 16.6 Å². The van der Waals surface area contributed by atoms with Crippen LogP contribution in [0.25, 0.3) is 0 Å². The van der Waals surface area contributed by atoms with E-state index in [0.717, 1.165) is 30.5 Å². The van der Waals surface area contributed by atoms with E-state index >= 15 is 0 Å². The Bertz CT molecular complexity index is 1290. The number of anilines is 1. The molecule has 4 rings (SSSR count). The predicted molar refractivity (Wildman–Crippen MR) is 138 cm³/mol. The molecule has 1 N–H and O–H groups in total. The van der Waals surface area contributed by atoms with E-state index in [-0.39, 0.29) is 5.91 Å². The van der Waals surface area contributed by atoms with Crippen LogP contribution in [0.3, 0.4) is 0 Å². The largest absolute Gasteiger partial charge is 0.322 e. The van der Waals surface area contributed by atoms with E-state index in [9.17, 15) is 13.2 Å². The third-order valence-electron chi connectivity index (χ3n) is 6.61. The van der Waals surface area contributed by atoms with Crippen molar-refractivity contribution in [2.75, 3.05) is 18.4 Å². The van der Waals surface area contributed by atoms with Crippen molar-refractivity contribution < 1.29 is 13.2 Å². The maximum absolute atomic E-state index is 13.2. The number of hydrogen-bond acceptors (Lipinski definition) is 4. The summed E-state index contributed by atoms with van der Waals surface area (Å²) in [6.45, 7) is 9.40. The molecule has 0 saturated carbocycles. The Morgan fingerprint density at radius 2 is 1.60 bits per heavy atom. The van der Waals surface area contributed by atoms with Crippen molar-refractivity contribution in [3.05, 3.63) is 76.6 Å². The molecule has 3 aromatic rings. The van der Waals surface area contributed by atoms with Crippen LogP contribution in [-0.4, -0.2) is 41.5 Å². The number of aryl methyl sites for hydroxylation is 1. The standard InChI is InChI=1S/C27H34N4O3S/c1-19(2)23-12-14-25(15-13-23)28-27(32)24-10-8-22(9-11-24)18-31-21(4)26(20(3)29-31)35(33,34)30-16-6-5-7-17-30/h8-15,19H,5-7,16-18H2,1-4H3,(H,28,32). The lowest BCUT2D eigenvalue weighted by Gasteiger charge is -2.26. The topological polar surface area (TPSA) is 84.3 Å². The summed E-state index contributed by atoms with van der Waals surface area (Å²) in [6.07, 6.45) is 2.87. The molecule has 0 atom stereocenters. The number of carbonyl (C=O) groups is 1. The summed E-state index contributed by atoms with van der Waals surface area (Å²) in [5.41, 5.74) is 4.64. The number of nitrogens with zero attached hydrogens (tertiary/aromatic N) is 3. The molecule has 1 fully saturated rings. The molecule has 186 valence electrons. The lowest BCUT2D eigenvalue weighted by molar-refractivity contribution is 0.102. The van der Waals surface area contributed by atoms with Crippen LogP contribution in [0.15, 0.2) is 53.4 Å². The molecule has 0 bridgehead atoms. The third-order valence-corrected chi connectivity index (χ3v) is 8.76. The van der Waals surface area contributed by atoms with Gasteiger partial charge in [-0.2, -0.15) is 9.40 Å². The number of hydrogen-bond donors (Lipinski definition) is 1. The SMILES string of the molecule is Cc1nn(Cc2ccc(C(=O)Nc3ccc(C(C)C)cc3)cc2)c(C)c1S(=O)(=O)N1CCCCC1. The number of sulfonamides is 1. The van der Waals surface area contributed by atoms with Crippen molar-refractivity contribution in [1.82, 2.24) is 14.1 Å². The number of benzene rings is 2. The Labute approximate surface area is 208 Å². The lowest BCUT2D eigenvalue weighted by Crippen LogP contribution is -2.36. The first-order valence-electron chi connectivity index (χ1n) is 12.2. The molecule has 0 aliphatic carbocycles. The van der Waals surface area contributed by atoms with E-state index in [1.807, 2.05) is 43.3 Å². The van der Waals surface area contributed by atoms with E-state index in [0.29, 0.717) is 47.4 Å². The average Bonchev–Trinajstić information content (AvgIpc) is 3.13. The zero-order valence-corrected chi connectivity index (χ0v) is 21.7. The van der Waals surface area contributed by atoms with Gasteiger partial charge in [0.25, 0.3) is 5.91 Å². The highest BCUT2D eigenvalue weighted by Gasteiger charge is 2.31. The molecule has 7 nitrogen and oxygen atoms in total. The molecule has 0 spiro atoms. The van der Waals surface area contributed by atoms with Crippen molar-refractivity contribution in [3.8, 4) is 0 Å². The molecule has 1 aromatic heterocycles. The van der Waals surface area contributed by atoms with Gasteiger partial charge in [0.15, 0.2) is 0 Å². The summed E-state index contributed by atoms with van der Waals surface area (Å²) < 4.78 is 29.8. The minimum Gasteiger partial charge on any atom is -0.322 e. The van der Waals surface area contributed by atoms with Crippen LogP contribution in [0.2, 0.25) is 0 Å². The van der Waals surface area contributed by atoms with Gasteiger partial charge in [0.2, 0.25) is 10.0 Å². The second kappa shape index (κ2) is 10.3. The van der Waals surface area contributed by atoms with Crippen LogP contribution in [0.1, 0.15) is 71.9 Å². The van der Waals surface area contributed by atoms with Gasteiger partial charge in [-0.1, -0.05) is 44.5 Å². The van der Waals surface area contributed by atoms with Crippen LogP contribution < -0.4 is 5.32 Å². The molecular weight excluding hydrogens is 460 g/mol. The molecule has 1 aliphatic rings. The molecule has 8 heteroatoms. The molecular formula is C27H34N4O3S. The zero-order valence-electron chi connectivity index (χ0n) is 20.9. The number of nitrogens with one attached hydrogen (secondary N) is 1. The molecule has 2 aromatic carbocycles. The summed E-state index contributed by atoms with van der Waals surface area (Å²) in [5, 5.41) is 7.46. The van der Waals surface area contributed by atoms with Crippen LogP contribution in [0.4, 0.5) is 5.69 Å². The van der Waals surface area contributed by atoms with Gasteiger partial charge in [-0.3, -0.25) is 9.48 Å². The van der Waals surface area contributed by atoms with Crippen molar-refractivity contribution in [2.24, 2.45) is 0 Å². The normalized spacial score (nSPS) is 14.9. The number of rotatable bonds is 7. The summed E-state index contributed by atoms with van der Waals surface area (Å²) in [7, 11) is -3.55. The van der Waals surface area contributed by atoms with Gasteiger partial charge in [0, 0.05) is 24.3 Å². The smallest absolute Gasteiger partial charge is 0.255 e. The molecule has 1 amide bonds. The minimum atomic E-state index is -3.55. The first-order valence-corrected chi connectivity index (χ1v) is 13.6. The van der Waals surface area contributed by atoms with E-state index in [1.165, 1.54) is 5.56 Å². The highest BCUT2D eigenvalue weighted by Crippen LogP contribution is 2.26. The van der Waals surface area contributed by atoms with Gasteiger partial charge in [0.1, 0.15) is 4.90 Å². The van der Waals surface area contributed by atoms with Crippen molar-refractivity contribution in [1.29, 1.82) is 0 Å². The average molecular weight is 495 g/mol. The molecule has 2 heterocycles. The van der Waals surface area contributed by atoms with Gasteiger partial charge in [-0.05, 0) is 68.0 Å². The summed E-state index contributed by atoms with van der Waals surface area (Å²) in [5.74, 6) is 0.269. The first-order chi connectivity index (χ1) is 16.7. The van der Waals surface area contributed by atoms with Gasteiger partial charge < -0.3 is 5.32 Å². The summed E-state index contributed by atoms with van der Waals surface area (Å²) >= 11 is 0. The maximum Gasteiger partial charge on any atom is 0.255 e.